The number of fused-ring (bicyclic) bond motifs is 1. The fourth-order valence-corrected chi connectivity index (χ4v) is 2.52. The number of likely N-dealkylation sites (tertiary alicyclic amines) is 1. The Labute approximate surface area is 77.1 Å². The maximum atomic E-state index is 11.6. The molecule has 13 heavy (non-hydrogen) atoms. The molecule has 1 aliphatic heterocycles. The van der Waals surface area contributed by atoms with E-state index in [1.165, 1.54) is 0 Å². The molecule has 4 heteroatoms. The highest BCUT2D eigenvalue weighted by Crippen LogP contribution is 2.38. The lowest BCUT2D eigenvalue weighted by Crippen LogP contribution is -2.36. The van der Waals surface area contributed by atoms with Crippen LogP contribution in [0.2, 0.25) is 0 Å². The molecule has 2 fully saturated rings. The summed E-state index contributed by atoms with van der Waals surface area (Å²) >= 11 is 0. The third kappa shape index (κ3) is 1.41. The first-order valence-corrected chi connectivity index (χ1v) is 4.75. The number of amides is 2. The van der Waals surface area contributed by atoms with E-state index >= 15 is 0 Å². The SMILES string of the molecule is NC(=O)CN1C[C@@H]2CCC[C@@H]2C1=O. The number of primary amides is 1. The van der Waals surface area contributed by atoms with Crippen LogP contribution >= 0.6 is 0 Å². The average Bonchev–Trinajstić information content (AvgIpc) is 2.56. The molecule has 1 aliphatic carbocycles. The normalized spacial score (nSPS) is 32.3. The van der Waals surface area contributed by atoms with Crippen LogP contribution in [-0.4, -0.2) is 29.8 Å². The van der Waals surface area contributed by atoms with E-state index in [-0.39, 0.29) is 18.4 Å². The molecule has 0 aromatic carbocycles. The third-order valence-corrected chi connectivity index (χ3v) is 3.09. The standard InChI is InChI=1S/C9H14N2O2/c10-8(12)5-11-4-6-2-1-3-7(6)9(11)13/h6-7H,1-5H2,(H2,10,12)/t6-,7-/m0/s1. The maximum absolute atomic E-state index is 11.6. The lowest BCUT2D eigenvalue weighted by molar-refractivity contribution is -0.134. The Hall–Kier alpha value is -1.06. The highest BCUT2D eigenvalue weighted by molar-refractivity contribution is 5.87. The van der Waals surface area contributed by atoms with Crippen LogP contribution < -0.4 is 5.73 Å². The summed E-state index contributed by atoms with van der Waals surface area (Å²) < 4.78 is 0. The zero-order valence-electron chi connectivity index (χ0n) is 7.53. The summed E-state index contributed by atoms with van der Waals surface area (Å²) in [6, 6.07) is 0. The van der Waals surface area contributed by atoms with Gasteiger partial charge in [0.15, 0.2) is 0 Å². The Balaban J connectivity index is 2.02. The Morgan fingerprint density at radius 2 is 2.31 bits per heavy atom. The molecule has 2 rings (SSSR count). The molecule has 0 aromatic heterocycles. The smallest absolute Gasteiger partial charge is 0.237 e. The molecule has 1 saturated heterocycles. The van der Waals surface area contributed by atoms with Gasteiger partial charge in [0.1, 0.15) is 0 Å². The molecule has 0 bridgehead atoms. The van der Waals surface area contributed by atoms with Gasteiger partial charge in [-0.2, -0.15) is 0 Å². The quantitative estimate of drug-likeness (QED) is 0.639. The molecular formula is C9H14N2O2. The van der Waals surface area contributed by atoms with Gasteiger partial charge in [-0.15, -0.1) is 0 Å². The molecule has 0 spiro atoms. The summed E-state index contributed by atoms with van der Waals surface area (Å²) in [4.78, 5) is 23.9. The molecule has 2 atom stereocenters. The van der Waals surface area contributed by atoms with Gasteiger partial charge in [-0.25, -0.2) is 0 Å². The second-order valence-corrected chi connectivity index (χ2v) is 3.98. The van der Waals surface area contributed by atoms with E-state index in [1.54, 1.807) is 4.90 Å². The predicted molar refractivity (Wildman–Crippen MR) is 46.6 cm³/mol. The Morgan fingerprint density at radius 3 is 2.92 bits per heavy atom. The van der Waals surface area contributed by atoms with Crippen molar-refractivity contribution < 1.29 is 9.59 Å². The summed E-state index contributed by atoms with van der Waals surface area (Å²) in [7, 11) is 0. The van der Waals surface area contributed by atoms with E-state index in [4.69, 9.17) is 5.73 Å². The largest absolute Gasteiger partial charge is 0.368 e. The number of rotatable bonds is 2. The summed E-state index contributed by atoms with van der Waals surface area (Å²) in [5.41, 5.74) is 5.05. The number of nitrogens with zero attached hydrogens (tertiary/aromatic N) is 1. The van der Waals surface area contributed by atoms with E-state index < -0.39 is 5.91 Å². The summed E-state index contributed by atoms with van der Waals surface area (Å²) in [6.07, 6.45) is 3.29. The van der Waals surface area contributed by atoms with E-state index in [2.05, 4.69) is 0 Å². The average molecular weight is 182 g/mol. The van der Waals surface area contributed by atoms with Gasteiger partial charge in [-0.1, -0.05) is 6.42 Å². The van der Waals surface area contributed by atoms with Crippen LogP contribution in [0.4, 0.5) is 0 Å². The first-order valence-electron chi connectivity index (χ1n) is 4.75. The minimum atomic E-state index is -0.409. The minimum Gasteiger partial charge on any atom is -0.368 e. The van der Waals surface area contributed by atoms with Crippen LogP contribution in [0, 0.1) is 11.8 Å². The van der Waals surface area contributed by atoms with Crippen molar-refractivity contribution >= 4 is 11.8 Å². The second kappa shape index (κ2) is 3.01. The van der Waals surface area contributed by atoms with E-state index in [9.17, 15) is 9.59 Å². The lowest BCUT2D eigenvalue weighted by Gasteiger charge is -2.14. The number of hydrogen-bond donors (Lipinski definition) is 1. The molecule has 2 amide bonds. The van der Waals surface area contributed by atoms with Crippen LogP contribution in [-0.2, 0) is 9.59 Å². The third-order valence-electron chi connectivity index (χ3n) is 3.09. The van der Waals surface area contributed by atoms with Crippen molar-refractivity contribution in [2.75, 3.05) is 13.1 Å². The molecule has 2 aliphatic rings. The zero-order chi connectivity index (χ0) is 9.42. The van der Waals surface area contributed by atoms with Gasteiger partial charge < -0.3 is 10.6 Å². The lowest BCUT2D eigenvalue weighted by atomic mass is 10.0. The molecule has 0 unspecified atom stereocenters. The monoisotopic (exact) mass is 182 g/mol. The molecule has 0 radical (unpaired) electrons. The first kappa shape index (κ1) is 8.53. The van der Waals surface area contributed by atoms with Gasteiger partial charge in [0, 0.05) is 12.5 Å². The van der Waals surface area contributed by atoms with Gasteiger partial charge in [0.2, 0.25) is 11.8 Å². The van der Waals surface area contributed by atoms with Gasteiger partial charge in [0.25, 0.3) is 0 Å². The highest BCUT2D eigenvalue weighted by Gasteiger charge is 2.42. The molecule has 1 heterocycles. The van der Waals surface area contributed by atoms with Crippen LogP contribution in [0.15, 0.2) is 0 Å². The fraction of sp³-hybridized carbons (Fsp3) is 0.778. The van der Waals surface area contributed by atoms with Crippen LogP contribution in [0.5, 0.6) is 0 Å². The Morgan fingerprint density at radius 1 is 1.54 bits per heavy atom. The van der Waals surface area contributed by atoms with Gasteiger partial charge in [-0.05, 0) is 18.8 Å². The number of hydrogen-bond acceptors (Lipinski definition) is 2. The topological polar surface area (TPSA) is 63.4 Å². The van der Waals surface area contributed by atoms with Crippen molar-refractivity contribution in [2.45, 2.75) is 19.3 Å². The van der Waals surface area contributed by atoms with Crippen LogP contribution in [0.3, 0.4) is 0 Å². The molecule has 72 valence electrons. The molecule has 2 N–H and O–H groups in total. The summed E-state index contributed by atoms with van der Waals surface area (Å²) in [5, 5.41) is 0. The zero-order valence-corrected chi connectivity index (χ0v) is 7.53. The molecule has 0 aromatic rings. The molecule has 1 saturated carbocycles. The van der Waals surface area contributed by atoms with Gasteiger partial charge >= 0.3 is 0 Å². The highest BCUT2D eigenvalue weighted by atomic mass is 16.2. The molecular weight excluding hydrogens is 168 g/mol. The number of nitrogens with two attached hydrogens (primary N) is 1. The van der Waals surface area contributed by atoms with Gasteiger partial charge in [-0.3, -0.25) is 9.59 Å². The molecule has 4 nitrogen and oxygen atoms in total. The summed E-state index contributed by atoms with van der Waals surface area (Å²) in [6.45, 7) is 0.846. The van der Waals surface area contributed by atoms with Crippen LogP contribution in [0.25, 0.3) is 0 Å². The fourth-order valence-electron chi connectivity index (χ4n) is 2.52. The van der Waals surface area contributed by atoms with Crippen molar-refractivity contribution in [3.8, 4) is 0 Å². The Bertz CT molecular complexity index is 252. The van der Waals surface area contributed by atoms with Gasteiger partial charge in [0.05, 0.1) is 6.54 Å². The van der Waals surface area contributed by atoms with E-state index in [0.29, 0.717) is 5.92 Å². The van der Waals surface area contributed by atoms with E-state index in [0.717, 1.165) is 25.8 Å². The summed E-state index contributed by atoms with van der Waals surface area (Å²) in [5.74, 6) is 0.417. The maximum Gasteiger partial charge on any atom is 0.237 e. The van der Waals surface area contributed by atoms with Crippen molar-refractivity contribution in [3.63, 3.8) is 0 Å². The Kier molecular flexibility index (Phi) is 1.98. The first-order chi connectivity index (χ1) is 6.18. The van der Waals surface area contributed by atoms with Crippen molar-refractivity contribution in [2.24, 2.45) is 17.6 Å². The van der Waals surface area contributed by atoms with Crippen molar-refractivity contribution in [1.82, 2.24) is 4.90 Å². The number of carbonyl (C=O) groups excluding carboxylic acids is 2. The van der Waals surface area contributed by atoms with E-state index in [1.807, 2.05) is 0 Å². The minimum absolute atomic E-state index is 0.103. The van der Waals surface area contributed by atoms with Crippen LogP contribution in [0.1, 0.15) is 19.3 Å². The number of carbonyl (C=O) groups is 2. The van der Waals surface area contributed by atoms with Crippen molar-refractivity contribution in [1.29, 1.82) is 0 Å². The van der Waals surface area contributed by atoms with Crippen molar-refractivity contribution in [3.05, 3.63) is 0 Å². The predicted octanol–water partition coefficient (Wildman–Crippen LogP) is -0.270. The second-order valence-electron chi connectivity index (χ2n) is 3.98.